The van der Waals surface area contributed by atoms with Gasteiger partial charge in [0.1, 0.15) is 0 Å². The number of aliphatic hydroxyl groups is 1. The van der Waals surface area contributed by atoms with E-state index in [1.165, 1.54) is 5.56 Å². The van der Waals surface area contributed by atoms with E-state index in [9.17, 15) is 0 Å². The summed E-state index contributed by atoms with van der Waals surface area (Å²) in [6.07, 6.45) is 1.74. The average molecular weight is 237 g/mol. The van der Waals surface area contributed by atoms with Crippen LogP contribution in [0.25, 0.3) is 0 Å². The second-order valence-corrected chi connectivity index (χ2v) is 4.23. The Morgan fingerprint density at radius 2 is 2.24 bits per heavy atom. The minimum atomic E-state index is 0.248. The molecule has 0 aliphatic rings. The second-order valence-electron chi connectivity index (χ2n) is 4.23. The van der Waals surface area contributed by atoms with Crippen LogP contribution in [-0.2, 0) is 11.2 Å². The Labute approximate surface area is 104 Å². The number of hydrogen-bond donors (Lipinski definition) is 2. The summed E-state index contributed by atoms with van der Waals surface area (Å²) in [6.45, 7) is 5.83. The van der Waals surface area contributed by atoms with Crippen LogP contribution in [0.3, 0.4) is 0 Å². The summed E-state index contributed by atoms with van der Waals surface area (Å²) in [7, 11) is 0. The Kier molecular flexibility index (Phi) is 6.67. The summed E-state index contributed by atoms with van der Waals surface area (Å²) in [5, 5.41) is 12.2. The zero-order valence-corrected chi connectivity index (χ0v) is 10.8. The molecular weight excluding hydrogens is 214 g/mol. The van der Waals surface area contributed by atoms with Gasteiger partial charge in [0.25, 0.3) is 0 Å². The third-order valence-electron chi connectivity index (χ3n) is 2.54. The quantitative estimate of drug-likeness (QED) is 0.729. The summed E-state index contributed by atoms with van der Waals surface area (Å²) in [5.41, 5.74) is 2.38. The number of ether oxygens (including phenoxy) is 1. The summed E-state index contributed by atoms with van der Waals surface area (Å²) in [4.78, 5) is 0. The van der Waals surface area contributed by atoms with Crippen LogP contribution >= 0.6 is 0 Å². The SMILES string of the molecule is CCOCC(C)Nc1cccc(CCCO)c1. The van der Waals surface area contributed by atoms with Crippen molar-refractivity contribution < 1.29 is 9.84 Å². The van der Waals surface area contributed by atoms with Crippen molar-refractivity contribution in [1.82, 2.24) is 0 Å². The van der Waals surface area contributed by atoms with Crippen molar-refractivity contribution in [3.05, 3.63) is 29.8 Å². The lowest BCUT2D eigenvalue weighted by atomic mass is 10.1. The molecule has 1 rings (SSSR count). The Balaban J connectivity index is 2.47. The smallest absolute Gasteiger partial charge is 0.0664 e. The van der Waals surface area contributed by atoms with Gasteiger partial charge in [0.05, 0.1) is 6.61 Å². The Bertz CT molecular complexity index is 315. The molecule has 0 aromatic heterocycles. The number of rotatable bonds is 8. The van der Waals surface area contributed by atoms with Crippen molar-refractivity contribution in [3.63, 3.8) is 0 Å². The van der Waals surface area contributed by atoms with Crippen LogP contribution in [0.1, 0.15) is 25.8 Å². The summed E-state index contributed by atoms with van der Waals surface area (Å²) in [6, 6.07) is 8.64. The molecule has 0 fully saturated rings. The van der Waals surface area contributed by atoms with Crippen molar-refractivity contribution in [2.75, 3.05) is 25.1 Å². The van der Waals surface area contributed by atoms with Crippen LogP contribution in [0.2, 0.25) is 0 Å². The fraction of sp³-hybridized carbons (Fsp3) is 0.571. The Morgan fingerprint density at radius 1 is 1.41 bits per heavy atom. The molecule has 0 heterocycles. The largest absolute Gasteiger partial charge is 0.396 e. The summed E-state index contributed by atoms with van der Waals surface area (Å²) >= 11 is 0. The van der Waals surface area contributed by atoms with Crippen LogP contribution in [0.15, 0.2) is 24.3 Å². The highest BCUT2D eigenvalue weighted by molar-refractivity contribution is 5.46. The monoisotopic (exact) mass is 237 g/mol. The lowest BCUT2D eigenvalue weighted by Gasteiger charge is -2.15. The molecule has 1 aromatic rings. The van der Waals surface area contributed by atoms with Crippen LogP contribution in [-0.4, -0.2) is 31.0 Å². The van der Waals surface area contributed by atoms with Crippen molar-refractivity contribution in [3.8, 4) is 0 Å². The number of aryl methyl sites for hydroxylation is 1. The third kappa shape index (κ3) is 5.71. The van der Waals surface area contributed by atoms with E-state index >= 15 is 0 Å². The summed E-state index contributed by atoms with van der Waals surface area (Å²) < 4.78 is 5.37. The van der Waals surface area contributed by atoms with Gasteiger partial charge in [0.2, 0.25) is 0 Å². The lowest BCUT2D eigenvalue weighted by Crippen LogP contribution is -2.21. The zero-order valence-electron chi connectivity index (χ0n) is 10.8. The molecule has 2 N–H and O–H groups in total. The maximum Gasteiger partial charge on any atom is 0.0664 e. The molecule has 96 valence electrons. The van der Waals surface area contributed by atoms with Crippen LogP contribution in [0.4, 0.5) is 5.69 Å². The van der Waals surface area contributed by atoms with Crippen molar-refractivity contribution >= 4 is 5.69 Å². The molecule has 1 aromatic carbocycles. The normalized spacial score (nSPS) is 12.4. The van der Waals surface area contributed by atoms with Gasteiger partial charge in [-0.3, -0.25) is 0 Å². The Morgan fingerprint density at radius 3 is 2.94 bits per heavy atom. The highest BCUT2D eigenvalue weighted by Gasteiger charge is 2.02. The molecule has 3 heteroatoms. The second kappa shape index (κ2) is 8.09. The third-order valence-corrected chi connectivity index (χ3v) is 2.54. The van der Waals surface area contributed by atoms with Gasteiger partial charge in [0.15, 0.2) is 0 Å². The van der Waals surface area contributed by atoms with E-state index in [-0.39, 0.29) is 6.61 Å². The molecular formula is C14H23NO2. The molecule has 0 saturated carbocycles. The average Bonchev–Trinajstić information content (AvgIpc) is 2.34. The fourth-order valence-electron chi connectivity index (χ4n) is 1.72. The number of hydrogen-bond acceptors (Lipinski definition) is 3. The van der Waals surface area contributed by atoms with Crippen LogP contribution < -0.4 is 5.32 Å². The zero-order chi connectivity index (χ0) is 12.5. The molecule has 0 amide bonds. The molecule has 0 aliphatic heterocycles. The first-order valence-corrected chi connectivity index (χ1v) is 6.30. The van der Waals surface area contributed by atoms with Gasteiger partial charge in [-0.15, -0.1) is 0 Å². The molecule has 0 bridgehead atoms. The van der Waals surface area contributed by atoms with Gasteiger partial charge in [-0.25, -0.2) is 0 Å². The highest BCUT2D eigenvalue weighted by atomic mass is 16.5. The van der Waals surface area contributed by atoms with Gasteiger partial charge in [-0.2, -0.15) is 0 Å². The van der Waals surface area contributed by atoms with E-state index in [0.29, 0.717) is 6.04 Å². The highest BCUT2D eigenvalue weighted by Crippen LogP contribution is 2.13. The number of nitrogens with one attached hydrogen (secondary N) is 1. The van der Waals surface area contributed by atoms with Gasteiger partial charge in [-0.1, -0.05) is 12.1 Å². The van der Waals surface area contributed by atoms with Gasteiger partial charge < -0.3 is 15.2 Å². The van der Waals surface area contributed by atoms with E-state index < -0.39 is 0 Å². The van der Waals surface area contributed by atoms with Gasteiger partial charge in [-0.05, 0) is 44.4 Å². The first kappa shape index (κ1) is 14.0. The predicted molar refractivity (Wildman–Crippen MR) is 71.4 cm³/mol. The lowest BCUT2D eigenvalue weighted by molar-refractivity contribution is 0.141. The number of anilines is 1. The van der Waals surface area contributed by atoms with E-state index in [2.05, 4.69) is 30.4 Å². The molecule has 0 spiro atoms. The minimum Gasteiger partial charge on any atom is -0.396 e. The van der Waals surface area contributed by atoms with Crippen molar-refractivity contribution in [1.29, 1.82) is 0 Å². The molecule has 0 aliphatic carbocycles. The van der Waals surface area contributed by atoms with Gasteiger partial charge >= 0.3 is 0 Å². The van der Waals surface area contributed by atoms with E-state index in [1.807, 2.05) is 13.0 Å². The van der Waals surface area contributed by atoms with E-state index in [4.69, 9.17) is 9.84 Å². The first-order chi connectivity index (χ1) is 8.26. The maximum atomic E-state index is 8.81. The molecule has 1 unspecified atom stereocenters. The minimum absolute atomic E-state index is 0.248. The standard InChI is InChI=1S/C14H23NO2/c1-3-17-11-12(2)15-14-8-4-6-13(10-14)7-5-9-16/h4,6,8,10,12,15-16H,3,5,7,9,11H2,1-2H3. The molecule has 17 heavy (non-hydrogen) atoms. The number of aliphatic hydroxyl groups excluding tert-OH is 1. The van der Waals surface area contributed by atoms with Crippen molar-refractivity contribution in [2.45, 2.75) is 32.7 Å². The maximum absolute atomic E-state index is 8.81. The fourth-order valence-corrected chi connectivity index (χ4v) is 1.72. The molecule has 3 nitrogen and oxygen atoms in total. The molecule has 1 atom stereocenters. The molecule has 0 radical (unpaired) electrons. The first-order valence-electron chi connectivity index (χ1n) is 6.30. The van der Waals surface area contributed by atoms with Gasteiger partial charge in [0, 0.05) is 24.9 Å². The summed E-state index contributed by atoms with van der Waals surface area (Å²) in [5.74, 6) is 0. The van der Waals surface area contributed by atoms with Crippen LogP contribution in [0, 0.1) is 0 Å². The predicted octanol–water partition coefficient (Wildman–Crippen LogP) is 2.45. The topological polar surface area (TPSA) is 41.5 Å². The van der Waals surface area contributed by atoms with E-state index in [0.717, 1.165) is 31.7 Å². The Hall–Kier alpha value is -1.06. The van der Waals surface area contributed by atoms with Crippen molar-refractivity contribution in [2.24, 2.45) is 0 Å². The van der Waals surface area contributed by atoms with Crippen LogP contribution in [0.5, 0.6) is 0 Å². The number of benzene rings is 1. The molecule has 0 saturated heterocycles. The van der Waals surface area contributed by atoms with E-state index in [1.54, 1.807) is 0 Å².